The standard InChI is InChI=1S/C21H22BNO2.CH4/c1-20(2)21(3,4)25-22(24-20)16-12-13-19(23-14-16)18-11-7-9-15-8-5-6-10-17(15)18;/h5-14H,1-4H3;1H4. The van der Waals surface area contributed by atoms with Gasteiger partial charge in [-0.2, -0.15) is 0 Å². The van der Waals surface area contributed by atoms with E-state index in [1.807, 2.05) is 18.3 Å². The van der Waals surface area contributed by atoms with Crippen LogP contribution in [0.5, 0.6) is 0 Å². The Morgan fingerprint density at radius 1 is 0.808 bits per heavy atom. The Morgan fingerprint density at radius 2 is 1.46 bits per heavy atom. The van der Waals surface area contributed by atoms with Crippen molar-refractivity contribution in [2.75, 3.05) is 0 Å². The van der Waals surface area contributed by atoms with Crippen molar-refractivity contribution in [3.63, 3.8) is 0 Å². The van der Waals surface area contributed by atoms with Crippen LogP contribution < -0.4 is 5.46 Å². The highest BCUT2D eigenvalue weighted by molar-refractivity contribution is 6.62. The van der Waals surface area contributed by atoms with Crippen molar-refractivity contribution in [1.82, 2.24) is 4.98 Å². The molecule has 0 N–H and O–H groups in total. The fraction of sp³-hybridized carbons (Fsp3) is 0.318. The maximum atomic E-state index is 6.10. The Morgan fingerprint density at radius 3 is 2.12 bits per heavy atom. The second-order valence-electron chi connectivity index (χ2n) is 7.59. The highest BCUT2D eigenvalue weighted by atomic mass is 16.7. The summed E-state index contributed by atoms with van der Waals surface area (Å²) < 4.78 is 12.2. The lowest BCUT2D eigenvalue weighted by atomic mass is 9.80. The summed E-state index contributed by atoms with van der Waals surface area (Å²) in [6, 6.07) is 18.8. The Balaban J connectivity index is 0.00000196. The first-order valence-electron chi connectivity index (χ1n) is 8.67. The molecule has 4 heteroatoms. The normalized spacial score (nSPS) is 17.9. The molecule has 0 spiro atoms. The Bertz CT molecular complexity index is 898. The van der Waals surface area contributed by atoms with Crippen molar-refractivity contribution >= 4 is 23.4 Å². The summed E-state index contributed by atoms with van der Waals surface area (Å²) in [4.78, 5) is 4.68. The molecule has 1 aliphatic rings. The summed E-state index contributed by atoms with van der Waals surface area (Å²) in [5.74, 6) is 0. The summed E-state index contributed by atoms with van der Waals surface area (Å²) >= 11 is 0. The van der Waals surface area contributed by atoms with E-state index in [2.05, 4.69) is 75.1 Å². The lowest BCUT2D eigenvalue weighted by Gasteiger charge is -2.32. The van der Waals surface area contributed by atoms with E-state index in [-0.39, 0.29) is 25.7 Å². The van der Waals surface area contributed by atoms with Crippen LogP contribution in [0.3, 0.4) is 0 Å². The van der Waals surface area contributed by atoms with Crippen LogP contribution in [0.4, 0.5) is 0 Å². The van der Waals surface area contributed by atoms with Gasteiger partial charge in [-0.3, -0.25) is 4.98 Å². The van der Waals surface area contributed by atoms with Gasteiger partial charge in [-0.1, -0.05) is 56.0 Å². The molecule has 4 rings (SSSR count). The van der Waals surface area contributed by atoms with Gasteiger partial charge in [-0.15, -0.1) is 0 Å². The predicted octanol–water partition coefficient (Wildman–Crippen LogP) is 4.84. The molecule has 0 atom stereocenters. The van der Waals surface area contributed by atoms with Crippen LogP contribution >= 0.6 is 0 Å². The average Bonchev–Trinajstić information content (AvgIpc) is 2.82. The number of pyridine rings is 1. The zero-order valence-electron chi connectivity index (χ0n) is 15.1. The molecule has 0 saturated carbocycles. The minimum absolute atomic E-state index is 0. The van der Waals surface area contributed by atoms with Gasteiger partial charge in [0, 0.05) is 17.2 Å². The van der Waals surface area contributed by atoms with Crippen LogP contribution in [-0.4, -0.2) is 23.3 Å². The number of hydrogen-bond acceptors (Lipinski definition) is 3. The summed E-state index contributed by atoms with van der Waals surface area (Å²) in [7, 11) is -0.376. The second kappa shape index (κ2) is 6.53. The molecule has 0 aliphatic carbocycles. The van der Waals surface area contributed by atoms with E-state index in [4.69, 9.17) is 9.31 Å². The third-order valence-electron chi connectivity index (χ3n) is 5.38. The fourth-order valence-corrected chi connectivity index (χ4v) is 3.13. The number of aromatic nitrogens is 1. The molecule has 2 aromatic carbocycles. The van der Waals surface area contributed by atoms with Gasteiger partial charge < -0.3 is 9.31 Å². The Labute approximate surface area is 156 Å². The lowest BCUT2D eigenvalue weighted by molar-refractivity contribution is 0.00578. The molecule has 1 aromatic heterocycles. The molecule has 26 heavy (non-hydrogen) atoms. The Hall–Kier alpha value is -2.17. The SMILES string of the molecule is C.CC1(C)OB(c2ccc(-c3cccc4ccccc34)nc2)OC1(C)C. The predicted molar refractivity (Wildman–Crippen MR) is 110 cm³/mol. The molecule has 0 unspecified atom stereocenters. The van der Waals surface area contributed by atoms with E-state index in [0.717, 1.165) is 16.7 Å². The minimum Gasteiger partial charge on any atom is -0.399 e. The number of rotatable bonds is 2. The topological polar surface area (TPSA) is 31.4 Å². The first kappa shape index (κ1) is 18.6. The molecular formula is C22H26BNO2. The molecule has 3 aromatic rings. The van der Waals surface area contributed by atoms with E-state index in [0.29, 0.717) is 0 Å². The van der Waals surface area contributed by atoms with Crippen LogP contribution in [0.15, 0.2) is 60.8 Å². The molecule has 1 aliphatic heterocycles. The van der Waals surface area contributed by atoms with Gasteiger partial charge >= 0.3 is 7.12 Å². The third kappa shape index (κ3) is 3.04. The fourth-order valence-electron chi connectivity index (χ4n) is 3.13. The summed E-state index contributed by atoms with van der Waals surface area (Å²) in [5.41, 5.74) is 2.36. The van der Waals surface area contributed by atoms with Crippen LogP contribution in [0, 0.1) is 0 Å². The van der Waals surface area contributed by atoms with Crippen molar-refractivity contribution in [2.45, 2.75) is 46.3 Å². The summed E-state index contributed by atoms with van der Waals surface area (Å²) in [6.45, 7) is 8.24. The van der Waals surface area contributed by atoms with Gasteiger partial charge in [0.15, 0.2) is 0 Å². The van der Waals surface area contributed by atoms with Crippen molar-refractivity contribution in [2.24, 2.45) is 0 Å². The average molecular weight is 347 g/mol. The zero-order valence-corrected chi connectivity index (χ0v) is 15.1. The zero-order chi connectivity index (χ0) is 17.7. The van der Waals surface area contributed by atoms with Crippen LogP contribution in [-0.2, 0) is 9.31 Å². The van der Waals surface area contributed by atoms with Gasteiger partial charge in [0.1, 0.15) is 0 Å². The quantitative estimate of drug-likeness (QED) is 0.622. The highest BCUT2D eigenvalue weighted by Gasteiger charge is 2.51. The number of nitrogens with zero attached hydrogens (tertiary/aromatic N) is 1. The number of fused-ring (bicyclic) bond motifs is 1. The number of benzene rings is 2. The van der Waals surface area contributed by atoms with Crippen molar-refractivity contribution in [3.8, 4) is 11.3 Å². The van der Waals surface area contributed by atoms with E-state index in [1.165, 1.54) is 10.8 Å². The van der Waals surface area contributed by atoms with E-state index >= 15 is 0 Å². The Kier molecular flexibility index (Phi) is 4.68. The molecule has 0 amide bonds. The molecule has 1 saturated heterocycles. The van der Waals surface area contributed by atoms with E-state index in [1.54, 1.807) is 0 Å². The van der Waals surface area contributed by atoms with Crippen molar-refractivity contribution in [3.05, 3.63) is 60.8 Å². The molecule has 134 valence electrons. The molecule has 1 fully saturated rings. The largest absolute Gasteiger partial charge is 0.496 e. The highest BCUT2D eigenvalue weighted by Crippen LogP contribution is 2.36. The maximum Gasteiger partial charge on any atom is 0.496 e. The van der Waals surface area contributed by atoms with Crippen LogP contribution in [0.25, 0.3) is 22.0 Å². The maximum absolute atomic E-state index is 6.10. The minimum atomic E-state index is -0.376. The van der Waals surface area contributed by atoms with Gasteiger partial charge in [0.05, 0.1) is 16.9 Å². The van der Waals surface area contributed by atoms with E-state index < -0.39 is 0 Å². The van der Waals surface area contributed by atoms with Crippen molar-refractivity contribution < 1.29 is 9.31 Å². The van der Waals surface area contributed by atoms with Gasteiger partial charge in [0.25, 0.3) is 0 Å². The molecule has 3 nitrogen and oxygen atoms in total. The number of hydrogen-bond donors (Lipinski definition) is 0. The molecular weight excluding hydrogens is 321 g/mol. The molecule has 0 radical (unpaired) electrons. The first-order chi connectivity index (χ1) is 11.9. The first-order valence-corrected chi connectivity index (χ1v) is 8.67. The van der Waals surface area contributed by atoms with Gasteiger partial charge in [0.2, 0.25) is 0 Å². The summed E-state index contributed by atoms with van der Waals surface area (Å²) in [5, 5.41) is 2.43. The third-order valence-corrected chi connectivity index (χ3v) is 5.38. The van der Waals surface area contributed by atoms with Crippen LogP contribution in [0.1, 0.15) is 35.1 Å². The van der Waals surface area contributed by atoms with Gasteiger partial charge in [-0.25, -0.2) is 0 Å². The molecule has 0 bridgehead atoms. The second-order valence-corrected chi connectivity index (χ2v) is 7.59. The molecule has 2 heterocycles. The summed E-state index contributed by atoms with van der Waals surface area (Å²) in [6.07, 6.45) is 1.86. The van der Waals surface area contributed by atoms with Crippen molar-refractivity contribution in [1.29, 1.82) is 0 Å². The van der Waals surface area contributed by atoms with Crippen LogP contribution in [0.2, 0.25) is 0 Å². The monoisotopic (exact) mass is 347 g/mol. The van der Waals surface area contributed by atoms with E-state index in [9.17, 15) is 0 Å². The lowest BCUT2D eigenvalue weighted by Crippen LogP contribution is -2.41. The smallest absolute Gasteiger partial charge is 0.399 e. The van der Waals surface area contributed by atoms with Gasteiger partial charge in [-0.05, 0) is 44.5 Å².